The summed E-state index contributed by atoms with van der Waals surface area (Å²) in [6, 6.07) is 9.76. The average Bonchev–Trinajstić information content (AvgIpc) is 2.63. The van der Waals surface area contributed by atoms with Gasteiger partial charge in [0.2, 0.25) is 11.8 Å². The van der Waals surface area contributed by atoms with E-state index in [1.54, 1.807) is 26.1 Å². The number of carbonyl (C=O) groups excluding carboxylic acids is 2. The Kier molecular flexibility index (Phi) is 7.26. The maximum atomic E-state index is 12.9. The molecule has 156 valence electrons. The van der Waals surface area contributed by atoms with Crippen LogP contribution in [0, 0.1) is 6.92 Å². The molecule has 0 radical (unpaired) electrons. The zero-order valence-electron chi connectivity index (χ0n) is 16.1. The second kappa shape index (κ2) is 9.28. The van der Waals surface area contributed by atoms with Crippen molar-refractivity contribution >= 4 is 34.8 Å². The summed E-state index contributed by atoms with van der Waals surface area (Å²) in [6.07, 6.45) is -4.63. The highest BCUT2D eigenvalue weighted by Crippen LogP contribution is 2.36. The molecule has 0 bridgehead atoms. The van der Waals surface area contributed by atoms with E-state index < -0.39 is 28.7 Å². The van der Waals surface area contributed by atoms with E-state index >= 15 is 0 Å². The van der Waals surface area contributed by atoms with E-state index in [-0.39, 0.29) is 18.1 Å². The molecule has 0 fully saturated rings. The van der Waals surface area contributed by atoms with Crippen molar-refractivity contribution in [1.82, 2.24) is 4.90 Å². The first-order chi connectivity index (χ1) is 13.5. The third kappa shape index (κ3) is 6.20. The van der Waals surface area contributed by atoms with Gasteiger partial charge in [0, 0.05) is 11.4 Å². The highest BCUT2D eigenvalue weighted by Gasteiger charge is 2.33. The molecule has 5 nitrogen and oxygen atoms in total. The number of likely N-dealkylation sites (N-methyl/N-ethyl adjacent to an activating group) is 1. The summed E-state index contributed by atoms with van der Waals surface area (Å²) >= 11 is 5.57. The summed E-state index contributed by atoms with van der Waals surface area (Å²) in [7, 11) is 1.57. The van der Waals surface area contributed by atoms with Gasteiger partial charge < -0.3 is 10.6 Å². The van der Waals surface area contributed by atoms with Gasteiger partial charge in [-0.15, -0.1) is 0 Å². The zero-order chi connectivity index (χ0) is 21.8. The monoisotopic (exact) mass is 427 g/mol. The third-order valence-corrected chi connectivity index (χ3v) is 4.72. The van der Waals surface area contributed by atoms with Crippen LogP contribution >= 0.6 is 11.6 Å². The zero-order valence-corrected chi connectivity index (χ0v) is 16.9. The van der Waals surface area contributed by atoms with Crippen LogP contribution in [-0.2, 0) is 15.8 Å². The normalized spacial score (nSPS) is 12.6. The SMILES string of the molecule is Cc1ccccc1NC(=O)C(C)N(C)CC(=O)Nc1ccc(Cl)c(C(F)(F)F)c1. The lowest BCUT2D eigenvalue weighted by Gasteiger charge is -2.23. The van der Waals surface area contributed by atoms with Crippen LogP contribution in [0.5, 0.6) is 0 Å². The van der Waals surface area contributed by atoms with E-state index in [1.165, 1.54) is 11.0 Å². The minimum Gasteiger partial charge on any atom is -0.325 e. The minimum atomic E-state index is -4.63. The van der Waals surface area contributed by atoms with Crippen LogP contribution < -0.4 is 10.6 Å². The van der Waals surface area contributed by atoms with Gasteiger partial charge in [0.25, 0.3) is 0 Å². The Morgan fingerprint density at radius 3 is 2.41 bits per heavy atom. The Bertz CT molecular complexity index is 903. The molecule has 2 rings (SSSR count). The van der Waals surface area contributed by atoms with Crippen molar-refractivity contribution in [2.45, 2.75) is 26.1 Å². The lowest BCUT2D eigenvalue weighted by Crippen LogP contribution is -2.43. The van der Waals surface area contributed by atoms with Crippen LogP contribution in [0.15, 0.2) is 42.5 Å². The molecule has 0 aliphatic heterocycles. The molecule has 9 heteroatoms. The van der Waals surface area contributed by atoms with E-state index in [2.05, 4.69) is 10.6 Å². The van der Waals surface area contributed by atoms with Gasteiger partial charge in [-0.2, -0.15) is 13.2 Å². The van der Waals surface area contributed by atoms with Gasteiger partial charge >= 0.3 is 6.18 Å². The lowest BCUT2D eigenvalue weighted by atomic mass is 10.2. The summed E-state index contributed by atoms with van der Waals surface area (Å²) in [5.41, 5.74) is 0.508. The number of para-hydroxylation sites is 1. The molecule has 0 saturated carbocycles. The van der Waals surface area contributed by atoms with Crippen LogP contribution in [0.3, 0.4) is 0 Å². The number of hydrogen-bond donors (Lipinski definition) is 2. The first-order valence-electron chi connectivity index (χ1n) is 8.72. The summed E-state index contributed by atoms with van der Waals surface area (Å²) in [5, 5.41) is 4.74. The summed E-state index contributed by atoms with van der Waals surface area (Å²) < 4.78 is 38.8. The molecule has 2 amide bonds. The Morgan fingerprint density at radius 1 is 1.14 bits per heavy atom. The lowest BCUT2D eigenvalue weighted by molar-refractivity contribution is -0.137. The van der Waals surface area contributed by atoms with Gasteiger partial charge in [0.1, 0.15) is 0 Å². The van der Waals surface area contributed by atoms with Crippen LogP contribution in [0.4, 0.5) is 24.5 Å². The molecule has 0 heterocycles. The van der Waals surface area contributed by atoms with Crippen LogP contribution in [0.1, 0.15) is 18.1 Å². The Balaban J connectivity index is 1.98. The number of alkyl halides is 3. The Hall–Kier alpha value is -2.58. The average molecular weight is 428 g/mol. The fourth-order valence-electron chi connectivity index (χ4n) is 2.53. The van der Waals surface area contributed by atoms with Crippen molar-refractivity contribution in [3.05, 3.63) is 58.6 Å². The summed E-state index contributed by atoms with van der Waals surface area (Å²) in [5.74, 6) is -0.862. The molecule has 0 aliphatic carbocycles. The second-order valence-corrected chi connectivity index (χ2v) is 7.04. The number of aryl methyl sites for hydroxylation is 1. The highest BCUT2D eigenvalue weighted by atomic mass is 35.5. The molecule has 1 unspecified atom stereocenters. The molecular formula is C20H21ClF3N3O2. The smallest absolute Gasteiger partial charge is 0.325 e. The molecule has 0 spiro atoms. The number of rotatable bonds is 6. The summed E-state index contributed by atoms with van der Waals surface area (Å²) in [4.78, 5) is 26.1. The van der Waals surface area contributed by atoms with Crippen molar-refractivity contribution in [2.24, 2.45) is 0 Å². The van der Waals surface area contributed by atoms with Gasteiger partial charge in [-0.3, -0.25) is 14.5 Å². The van der Waals surface area contributed by atoms with Crippen molar-refractivity contribution in [1.29, 1.82) is 0 Å². The maximum absolute atomic E-state index is 12.9. The van der Waals surface area contributed by atoms with Gasteiger partial charge in [-0.25, -0.2) is 0 Å². The molecule has 2 aromatic carbocycles. The molecule has 1 atom stereocenters. The number of anilines is 2. The van der Waals surface area contributed by atoms with Gasteiger partial charge in [0.15, 0.2) is 0 Å². The van der Waals surface area contributed by atoms with Gasteiger partial charge in [0.05, 0.1) is 23.2 Å². The highest BCUT2D eigenvalue weighted by molar-refractivity contribution is 6.31. The minimum absolute atomic E-state index is 0.0304. The van der Waals surface area contributed by atoms with E-state index in [4.69, 9.17) is 11.6 Å². The van der Waals surface area contributed by atoms with Crippen LogP contribution in [0.2, 0.25) is 5.02 Å². The number of benzene rings is 2. The van der Waals surface area contributed by atoms with Crippen molar-refractivity contribution in [2.75, 3.05) is 24.2 Å². The van der Waals surface area contributed by atoms with Crippen molar-refractivity contribution in [3.63, 3.8) is 0 Å². The predicted molar refractivity (Wildman–Crippen MR) is 107 cm³/mol. The number of hydrogen-bond acceptors (Lipinski definition) is 3. The third-order valence-electron chi connectivity index (χ3n) is 4.39. The van der Waals surface area contributed by atoms with Gasteiger partial charge in [-0.1, -0.05) is 29.8 Å². The van der Waals surface area contributed by atoms with E-state index in [0.717, 1.165) is 17.7 Å². The van der Waals surface area contributed by atoms with Crippen molar-refractivity contribution < 1.29 is 22.8 Å². The number of carbonyl (C=O) groups is 2. The Labute approximate surface area is 171 Å². The van der Waals surface area contributed by atoms with Crippen LogP contribution in [-0.4, -0.2) is 36.3 Å². The quantitative estimate of drug-likeness (QED) is 0.710. The number of nitrogens with one attached hydrogen (secondary N) is 2. The first-order valence-corrected chi connectivity index (χ1v) is 9.10. The largest absolute Gasteiger partial charge is 0.417 e. The summed E-state index contributed by atoms with van der Waals surface area (Å²) in [6.45, 7) is 3.30. The van der Waals surface area contributed by atoms with E-state index in [9.17, 15) is 22.8 Å². The molecule has 0 aromatic heterocycles. The number of halogens is 4. The fourth-order valence-corrected chi connectivity index (χ4v) is 2.76. The molecule has 0 saturated heterocycles. The van der Waals surface area contributed by atoms with E-state index in [0.29, 0.717) is 5.69 Å². The maximum Gasteiger partial charge on any atom is 0.417 e. The molecule has 2 aromatic rings. The van der Waals surface area contributed by atoms with E-state index in [1.807, 2.05) is 19.1 Å². The Morgan fingerprint density at radius 2 is 1.79 bits per heavy atom. The number of amides is 2. The first kappa shape index (κ1) is 22.7. The van der Waals surface area contributed by atoms with Crippen LogP contribution in [0.25, 0.3) is 0 Å². The fraction of sp³-hybridized carbons (Fsp3) is 0.300. The standard InChI is InChI=1S/C20H21ClF3N3O2/c1-12-6-4-5-7-17(12)26-19(29)13(2)27(3)11-18(28)25-14-8-9-16(21)15(10-14)20(22,23)24/h4-10,13H,11H2,1-3H3,(H,25,28)(H,26,29). The molecular weight excluding hydrogens is 407 g/mol. The van der Waals surface area contributed by atoms with Gasteiger partial charge in [-0.05, 0) is 50.7 Å². The second-order valence-electron chi connectivity index (χ2n) is 6.64. The molecule has 29 heavy (non-hydrogen) atoms. The topological polar surface area (TPSA) is 61.4 Å². The molecule has 0 aliphatic rings. The molecule has 2 N–H and O–H groups in total. The number of nitrogens with zero attached hydrogens (tertiary/aromatic N) is 1. The predicted octanol–water partition coefficient (Wildman–Crippen LogP) is 4.56. The van der Waals surface area contributed by atoms with Crippen molar-refractivity contribution in [3.8, 4) is 0 Å².